The van der Waals surface area contributed by atoms with Crippen molar-refractivity contribution in [2.75, 3.05) is 65.5 Å². The number of nitrogens with one attached hydrogen (secondary N) is 10. The summed E-state index contributed by atoms with van der Waals surface area (Å²) in [7, 11) is 0. The summed E-state index contributed by atoms with van der Waals surface area (Å²) >= 11 is 0. The van der Waals surface area contributed by atoms with Gasteiger partial charge in [0.05, 0.1) is 37.7 Å². The summed E-state index contributed by atoms with van der Waals surface area (Å²) in [5.41, 5.74) is 45.1. The van der Waals surface area contributed by atoms with Crippen LogP contribution in [0.1, 0.15) is 103 Å². The maximum atomic E-state index is 14.4. The van der Waals surface area contributed by atoms with E-state index >= 15 is 0 Å². The minimum absolute atomic E-state index is 0.00409. The Morgan fingerprint density at radius 3 is 1.94 bits per heavy atom. The Morgan fingerprint density at radius 1 is 0.756 bits per heavy atom. The minimum Gasteiger partial charge on any atom is -0.464 e. The van der Waals surface area contributed by atoms with Gasteiger partial charge in [-0.3, -0.25) is 48.6 Å². The first-order chi connectivity index (χ1) is 41.1. The summed E-state index contributed by atoms with van der Waals surface area (Å²) in [4.78, 5) is 149. The molecule has 2 rings (SSSR count). The van der Waals surface area contributed by atoms with E-state index in [2.05, 4.69) is 57.5 Å². The van der Waals surface area contributed by atoms with Crippen LogP contribution >= 0.6 is 0 Å². The second-order valence-electron chi connectivity index (χ2n) is 20.2. The Bertz CT molecular complexity index is 2410. The molecule has 0 unspecified atom stereocenters. The molecular formula is C52H93N21O13. The predicted octanol–water partition coefficient (Wildman–Crippen LogP) is -8.02. The SMILES string of the molecule is CCOC(=O)[C@H](CCCCN)NC(=O)/C(=C/CCNC(=N)N)NC(=O)[C@H](CCCCN)NC(=O)[C@H](Cc1cnc[nH]1)NC(=O)[C@@H]1CCCN1C(=O)/C(CCCN)=N/C(=O)CNC(=O)[C@@H](NC(=O)[C@@H](NC(=O)[C@@H](N)CCCCN)[C@@H](O)CN)[C@@H](O)CN. The van der Waals surface area contributed by atoms with Gasteiger partial charge in [-0.25, -0.2) is 14.8 Å². The Balaban J connectivity index is 2.41. The molecule has 1 aliphatic heterocycles. The topological polar surface area (TPSA) is 593 Å². The third kappa shape index (κ3) is 26.8. The van der Waals surface area contributed by atoms with Crippen molar-refractivity contribution >= 4 is 70.8 Å². The number of imidazole rings is 1. The van der Waals surface area contributed by atoms with Gasteiger partial charge in [0, 0.05) is 44.5 Å². The molecule has 0 saturated carbocycles. The molecule has 0 aliphatic carbocycles. The van der Waals surface area contributed by atoms with Crippen LogP contribution in [-0.2, 0) is 59.1 Å². The van der Waals surface area contributed by atoms with Crippen molar-refractivity contribution in [3.05, 3.63) is 30.0 Å². The van der Waals surface area contributed by atoms with Crippen LogP contribution in [0.15, 0.2) is 29.3 Å². The van der Waals surface area contributed by atoms with Gasteiger partial charge < -0.3 is 113 Å². The van der Waals surface area contributed by atoms with Crippen LogP contribution in [-0.4, -0.2) is 216 Å². The monoisotopic (exact) mass is 1220 g/mol. The molecule has 1 saturated heterocycles. The van der Waals surface area contributed by atoms with Crippen molar-refractivity contribution in [1.29, 1.82) is 5.41 Å². The summed E-state index contributed by atoms with van der Waals surface area (Å²) < 4.78 is 5.18. The molecule has 0 spiro atoms. The number of nitrogens with two attached hydrogens (primary N) is 8. The molecule has 28 N–H and O–H groups in total. The van der Waals surface area contributed by atoms with Gasteiger partial charge in [-0.15, -0.1) is 0 Å². The number of amides is 9. The van der Waals surface area contributed by atoms with Crippen LogP contribution in [0.3, 0.4) is 0 Å². The number of likely N-dealkylation sites (tertiary alicyclic amines) is 1. The van der Waals surface area contributed by atoms with Crippen molar-refractivity contribution < 1.29 is 62.9 Å². The zero-order valence-corrected chi connectivity index (χ0v) is 49.0. The molecule has 1 aliphatic rings. The number of aromatic nitrogens is 2. The molecule has 34 heteroatoms. The van der Waals surface area contributed by atoms with E-state index in [1.165, 1.54) is 23.5 Å². The highest BCUT2D eigenvalue weighted by Gasteiger charge is 2.39. The number of guanidine groups is 1. The molecule has 0 radical (unpaired) electrons. The van der Waals surface area contributed by atoms with Gasteiger partial charge in [-0.05, 0) is 117 Å². The maximum absolute atomic E-state index is 14.4. The molecule has 0 aromatic carbocycles. The number of rotatable bonds is 42. The summed E-state index contributed by atoms with van der Waals surface area (Å²) in [5.74, 6) is -9.46. The Kier molecular flexibility index (Phi) is 35.9. The second-order valence-corrected chi connectivity index (χ2v) is 20.2. The van der Waals surface area contributed by atoms with Crippen molar-refractivity contribution in [2.45, 2.75) is 158 Å². The van der Waals surface area contributed by atoms with E-state index in [1.807, 2.05) is 0 Å². The number of H-pyrrole nitrogens is 1. The molecule has 34 nitrogen and oxygen atoms in total. The van der Waals surface area contributed by atoms with E-state index in [4.69, 9.17) is 56.0 Å². The number of aliphatic hydroxyl groups is 2. The van der Waals surface area contributed by atoms with Gasteiger partial charge in [0.2, 0.25) is 35.4 Å². The first kappa shape index (κ1) is 74.5. The number of nitrogens with zero attached hydrogens (tertiary/aromatic N) is 3. The average molecular weight is 1220 g/mol. The van der Waals surface area contributed by atoms with Crippen molar-refractivity contribution in [1.82, 2.24) is 57.4 Å². The lowest BCUT2D eigenvalue weighted by Gasteiger charge is -2.28. The van der Waals surface area contributed by atoms with Crippen LogP contribution in [0.4, 0.5) is 0 Å². The highest BCUT2D eigenvalue weighted by atomic mass is 16.5. The van der Waals surface area contributed by atoms with E-state index in [9.17, 15) is 58.2 Å². The molecular weight excluding hydrogens is 1130 g/mol. The number of aliphatic imine (C=N–C) groups is 1. The summed E-state index contributed by atoms with van der Waals surface area (Å²) in [6.07, 6.45) is 4.11. The number of unbranched alkanes of at least 4 members (excludes halogenated alkanes) is 3. The molecule has 1 aromatic heterocycles. The van der Waals surface area contributed by atoms with Crippen molar-refractivity contribution in [2.24, 2.45) is 50.9 Å². The first-order valence-corrected chi connectivity index (χ1v) is 28.9. The van der Waals surface area contributed by atoms with E-state index in [-0.39, 0.29) is 102 Å². The third-order valence-electron chi connectivity index (χ3n) is 13.4. The number of ether oxygens (including phenoxy) is 1. The van der Waals surface area contributed by atoms with E-state index in [0.717, 1.165) is 0 Å². The summed E-state index contributed by atoms with van der Waals surface area (Å²) in [6, 6.07) is -9.80. The highest BCUT2D eigenvalue weighted by molar-refractivity contribution is 6.40. The highest BCUT2D eigenvalue weighted by Crippen LogP contribution is 2.20. The predicted molar refractivity (Wildman–Crippen MR) is 315 cm³/mol. The van der Waals surface area contributed by atoms with Gasteiger partial charge in [0.25, 0.3) is 17.7 Å². The van der Waals surface area contributed by atoms with E-state index < -0.39 is 133 Å². The fourth-order valence-corrected chi connectivity index (χ4v) is 8.67. The number of hydrogen-bond donors (Lipinski definition) is 20. The fourth-order valence-electron chi connectivity index (χ4n) is 8.67. The van der Waals surface area contributed by atoms with Crippen molar-refractivity contribution in [3.63, 3.8) is 0 Å². The third-order valence-corrected chi connectivity index (χ3v) is 13.4. The quantitative estimate of drug-likeness (QED) is 0.00950. The van der Waals surface area contributed by atoms with Crippen LogP contribution in [0, 0.1) is 5.41 Å². The average Bonchev–Trinajstić information content (AvgIpc) is 3.07. The number of hydrogen-bond acceptors (Lipinski definition) is 22. The van der Waals surface area contributed by atoms with Crippen LogP contribution in [0.5, 0.6) is 0 Å². The molecule has 9 atom stereocenters. The lowest BCUT2D eigenvalue weighted by Crippen LogP contribution is -2.63. The lowest BCUT2D eigenvalue weighted by molar-refractivity contribution is -0.147. The summed E-state index contributed by atoms with van der Waals surface area (Å²) in [6.45, 7) is 0.700. The second kappa shape index (κ2) is 41.5. The van der Waals surface area contributed by atoms with Crippen LogP contribution in [0.2, 0.25) is 0 Å². The van der Waals surface area contributed by atoms with E-state index in [0.29, 0.717) is 63.7 Å². The van der Waals surface area contributed by atoms with Gasteiger partial charge in [0.1, 0.15) is 47.7 Å². The van der Waals surface area contributed by atoms with Gasteiger partial charge >= 0.3 is 5.97 Å². The fraction of sp³-hybridized carbons (Fsp3) is 0.673. The Morgan fingerprint density at radius 2 is 1.36 bits per heavy atom. The number of aliphatic hydroxyl groups excluding tert-OH is 2. The van der Waals surface area contributed by atoms with Crippen LogP contribution < -0.4 is 88.4 Å². The van der Waals surface area contributed by atoms with Gasteiger partial charge in [-0.2, -0.15) is 0 Å². The maximum Gasteiger partial charge on any atom is 0.328 e. The van der Waals surface area contributed by atoms with E-state index in [1.54, 1.807) is 6.92 Å². The van der Waals surface area contributed by atoms with Crippen LogP contribution in [0.25, 0.3) is 0 Å². The zero-order valence-electron chi connectivity index (χ0n) is 49.0. The smallest absolute Gasteiger partial charge is 0.328 e. The zero-order chi connectivity index (χ0) is 64.1. The number of esters is 1. The standard InChI is InChI=1S/C52H93N21O13/c1-2-86-51(85)35(14-5-8-20-55)69-45(79)33(16-10-22-63-52(60)61)67-44(78)32(13-4-7-19-54)68-46(80)36(24-30-27-62-29-65-30)70-47(81)37-17-11-23-73(37)50(84)34(15-9-21-56)66-40(76)28-64-48(82)41(38(74)25-57)72-49(83)42(39(75)26-58)71-43(77)31(59)12-3-6-18-53/h16,27,29,31-32,35-39,41-42,74-75H,2-15,17-26,28,53-59H2,1H3,(H,62,65)(H,64,82)(H,67,78)(H,68,80)(H,69,79)(H,70,81)(H,71,77)(H,72,83)(H4,60,61,63)/b33-16-,66-34+/t31-,32-,35-,36-,37-,38-,39-,41-,42-/m0/s1. The normalized spacial score (nSPS) is 16.2. The molecule has 1 aromatic rings. The Hall–Kier alpha value is -7.57. The molecule has 2 heterocycles. The number of carbonyl (C=O) groups is 10. The first-order valence-electron chi connectivity index (χ1n) is 28.9. The largest absolute Gasteiger partial charge is 0.464 e. The van der Waals surface area contributed by atoms with Gasteiger partial charge in [0.15, 0.2) is 5.96 Å². The summed E-state index contributed by atoms with van der Waals surface area (Å²) in [5, 5.41) is 48.7. The van der Waals surface area contributed by atoms with Gasteiger partial charge in [-0.1, -0.05) is 12.5 Å². The number of aromatic amines is 1. The minimum atomic E-state index is -1.86. The molecule has 484 valence electrons. The molecule has 1 fully saturated rings. The molecule has 0 bridgehead atoms. The molecule has 9 amide bonds. The molecule has 86 heavy (non-hydrogen) atoms. The lowest BCUT2D eigenvalue weighted by atomic mass is 10.1. The van der Waals surface area contributed by atoms with Crippen molar-refractivity contribution in [3.8, 4) is 0 Å². The Labute approximate surface area is 499 Å². The number of carbonyl (C=O) groups excluding carboxylic acids is 10.